The van der Waals surface area contributed by atoms with Gasteiger partial charge in [-0.3, -0.25) is 9.59 Å². The third kappa shape index (κ3) is 4.46. The third-order valence-corrected chi connectivity index (χ3v) is 3.40. The molecule has 0 bridgehead atoms. The molecule has 5 nitrogen and oxygen atoms in total. The van der Waals surface area contributed by atoms with Crippen molar-refractivity contribution < 1.29 is 19.4 Å². The normalized spacial score (nSPS) is 13.8. The van der Waals surface area contributed by atoms with E-state index < -0.39 is 18.1 Å². The van der Waals surface area contributed by atoms with Crippen molar-refractivity contribution in [1.29, 1.82) is 0 Å². The number of ether oxygens (including phenoxy) is 1. The zero-order valence-electron chi connectivity index (χ0n) is 10.6. The van der Waals surface area contributed by atoms with Gasteiger partial charge < -0.3 is 15.2 Å². The Kier molecular flexibility index (Phi) is 5.30. The van der Waals surface area contributed by atoms with Gasteiger partial charge in [0.1, 0.15) is 12.7 Å². The standard InChI is InChI=1S/C12H17NO4S/c1-7-4-11(18-6-7)12(16)10(13-8(2)14)5-17-9(3)15/h4,6,10,12,16H,5H2,1-3H3,(H,13,14)/t10-,12+/m1/s1. The lowest BCUT2D eigenvalue weighted by Gasteiger charge is -2.22. The molecule has 18 heavy (non-hydrogen) atoms. The molecular weight excluding hydrogens is 254 g/mol. The summed E-state index contributed by atoms with van der Waals surface area (Å²) in [5.74, 6) is -0.723. The molecule has 1 heterocycles. The van der Waals surface area contributed by atoms with Crippen LogP contribution in [0.15, 0.2) is 11.4 Å². The molecule has 0 fully saturated rings. The maximum Gasteiger partial charge on any atom is 0.302 e. The van der Waals surface area contributed by atoms with Crippen LogP contribution in [0.25, 0.3) is 0 Å². The molecule has 2 atom stereocenters. The van der Waals surface area contributed by atoms with E-state index >= 15 is 0 Å². The summed E-state index contributed by atoms with van der Waals surface area (Å²) in [5.41, 5.74) is 1.04. The number of carbonyl (C=O) groups is 2. The van der Waals surface area contributed by atoms with Crippen molar-refractivity contribution in [3.05, 3.63) is 21.9 Å². The second-order valence-corrected chi connectivity index (χ2v) is 5.02. The first-order valence-electron chi connectivity index (χ1n) is 5.53. The zero-order valence-corrected chi connectivity index (χ0v) is 11.4. The van der Waals surface area contributed by atoms with Gasteiger partial charge in [0.15, 0.2) is 0 Å². The number of rotatable bonds is 5. The van der Waals surface area contributed by atoms with E-state index in [1.54, 1.807) is 0 Å². The summed E-state index contributed by atoms with van der Waals surface area (Å²) in [4.78, 5) is 22.6. The van der Waals surface area contributed by atoms with Crippen LogP contribution in [0.1, 0.15) is 30.4 Å². The number of esters is 1. The Hall–Kier alpha value is -1.40. The van der Waals surface area contributed by atoms with Gasteiger partial charge in [-0.15, -0.1) is 11.3 Å². The summed E-state index contributed by atoms with van der Waals surface area (Å²) < 4.78 is 4.85. The van der Waals surface area contributed by atoms with Crippen molar-refractivity contribution in [3.63, 3.8) is 0 Å². The highest BCUT2D eigenvalue weighted by Gasteiger charge is 2.24. The molecule has 0 aromatic carbocycles. The van der Waals surface area contributed by atoms with Crippen LogP contribution >= 0.6 is 11.3 Å². The lowest BCUT2D eigenvalue weighted by molar-refractivity contribution is -0.143. The monoisotopic (exact) mass is 271 g/mol. The Labute approximate surface area is 110 Å². The van der Waals surface area contributed by atoms with Gasteiger partial charge in [-0.05, 0) is 23.9 Å². The Morgan fingerprint density at radius 1 is 1.50 bits per heavy atom. The van der Waals surface area contributed by atoms with Gasteiger partial charge >= 0.3 is 5.97 Å². The smallest absolute Gasteiger partial charge is 0.302 e. The minimum atomic E-state index is -0.882. The summed E-state index contributed by atoms with van der Waals surface area (Å²) in [7, 11) is 0. The average molecular weight is 271 g/mol. The molecule has 1 aromatic heterocycles. The lowest BCUT2D eigenvalue weighted by Crippen LogP contribution is -2.41. The number of carbonyl (C=O) groups excluding carboxylic acids is 2. The summed E-state index contributed by atoms with van der Waals surface area (Å²) in [6.45, 7) is 4.51. The van der Waals surface area contributed by atoms with Crippen LogP contribution in [-0.2, 0) is 14.3 Å². The lowest BCUT2D eigenvalue weighted by atomic mass is 10.1. The van der Waals surface area contributed by atoms with Crippen LogP contribution in [0.5, 0.6) is 0 Å². The molecular formula is C12H17NO4S. The average Bonchev–Trinajstić information content (AvgIpc) is 2.69. The van der Waals surface area contributed by atoms with Gasteiger partial charge in [0.2, 0.25) is 5.91 Å². The first-order chi connectivity index (χ1) is 8.40. The molecule has 0 saturated heterocycles. The van der Waals surface area contributed by atoms with Crippen LogP contribution in [-0.4, -0.2) is 29.6 Å². The van der Waals surface area contributed by atoms with Crippen molar-refractivity contribution in [1.82, 2.24) is 5.32 Å². The molecule has 0 aliphatic carbocycles. The number of hydrogen-bond donors (Lipinski definition) is 2. The van der Waals surface area contributed by atoms with Crippen molar-refractivity contribution in [2.45, 2.75) is 32.9 Å². The van der Waals surface area contributed by atoms with E-state index in [0.717, 1.165) is 10.4 Å². The van der Waals surface area contributed by atoms with E-state index in [-0.39, 0.29) is 12.5 Å². The predicted molar refractivity (Wildman–Crippen MR) is 68.3 cm³/mol. The van der Waals surface area contributed by atoms with E-state index in [4.69, 9.17) is 4.74 Å². The number of aliphatic hydroxyl groups excluding tert-OH is 1. The molecule has 1 aromatic rings. The highest BCUT2D eigenvalue weighted by atomic mass is 32.1. The molecule has 0 spiro atoms. The minimum absolute atomic E-state index is 0.0486. The molecule has 0 unspecified atom stereocenters. The zero-order chi connectivity index (χ0) is 13.7. The maximum atomic E-state index is 11.1. The quantitative estimate of drug-likeness (QED) is 0.788. The Morgan fingerprint density at radius 2 is 2.17 bits per heavy atom. The molecule has 0 saturated carbocycles. The summed E-state index contributed by atoms with van der Waals surface area (Å²) in [6.07, 6.45) is -0.882. The van der Waals surface area contributed by atoms with Crippen molar-refractivity contribution in [2.24, 2.45) is 0 Å². The molecule has 0 radical (unpaired) electrons. The van der Waals surface area contributed by atoms with E-state index in [0.29, 0.717) is 0 Å². The number of thiophene rings is 1. The first-order valence-corrected chi connectivity index (χ1v) is 6.41. The second kappa shape index (κ2) is 6.51. The number of amides is 1. The van der Waals surface area contributed by atoms with Gasteiger partial charge in [0.25, 0.3) is 0 Å². The second-order valence-electron chi connectivity index (χ2n) is 4.08. The molecule has 0 aliphatic rings. The van der Waals surface area contributed by atoms with Crippen LogP contribution in [0.3, 0.4) is 0 Å². The van der Waals surface area contributed by atoms with E-state index in [2.05, 4.69) is 5.32 Å². The molecule has 2 N–H and O–H groups in total. The highest BCUT2D eigenvalue weighted by Crippen LogP contribution is 2.24. The fourth-order valence-electron chi connectivity index (χ4n) is 1.49. The van der Waals surface area contributed by atoms with E-state index in [9.17, 15) is 14.7 Å². The maximum absolute atomic E-state index is 11.1. The molecule has 1 rings (SSSR count). The van der Waals surface area contributed by atoms with Crippen LogP contribution < -0.4 is 5.32 Å². The van der Waals surface area contributed by atoms with Crippen LogP contribution in [0, 0.1) is 6.92 Å². The SMILES string of the molecule is CC(=O)N[C@H](COC(C)=O)[C@H](O)c1cc(C)cs1. The summed E-state index contributed by atoms with van der Waals surface area (Å²) in [5, 5.41) is 14.7. The number of hydrogen-bond acceptors (Lipinski definition) is 5. The Morgan fingerprint density at radius 3 is 2.61 bits per heavy atom. The van der Waals surface area contributed by atoms with Crippen LogP contribution in [0.4, 0.5) is 0 Å². The van der Waals surface area contributed by atoms with Gasteiger partial charge in [0.05, 0.1) is 6.04 Å². The third-order valence-electron chi connectivity index (χ3n) is 2.28. The molecule has 6 heteroatoms. The van der Waals surface area contributed by atoms with E-state index in [1.807, 2.05) is 18.4 Å². The largest absolute Gasteiger partial charge is 0.464 e. The Balaban J connectivity index is 2.74. The molecule has 100 valence electrons. The number of aliphatic hydroxyl groups is 1. The van der Waals surface area contributed by atoms with Gasteiger partial charge in [0, 0.05) is 18.7 Å². The Bertz CT molecular complexity index is 429. The van der Waals surface area contributed by atoms with Gasteiger partial charge in [-0.25, -0.2) is 0 Å². The molecule has 0 aliphatic heterocycles. The van der Waals surface area contributed by atoms with Crippen LogP contribution in [0.2, 0.25) is 0 Å². The highest BCUT2D eigenvalue weighted by molar-refractivity contribution is 7.10. The van der Waals surface area contributed by atoms with Gasteiger partial charge in [-0.2, -0.15) is 0 Å². The fraction of sp³-hybridized carbons (Fsp3) is 0.500. The summed E-state index contributed by atoms with van der Waals surface area (Å²) in [6, 6.07) is 1.21. The summed E-state index contributed by atoms with van der Waals surface area (Å²) >= 11 is 1.41. The minimum Gasteiger partial charge on any atom is -0.464 e. The molecule has 1 amide bonds. The predicted octanol–water partition coefficient (Wildman–Crippen LogP) is 1.16. The topological polar surface area (TPSA) is 75.6 Å². The number of nitrogens with one attached hydrogen (secondary N) is 1. The fourth-order valence-corrected chi connectivity index (χ4v) is 2.43. The van der Waals surface area contributed by atoms with Crippen molar-refractivity contribution in [2.75, 3.05) is 6.61 Å². The van der Waals surface area contributed by atoms with Crippen molar-refractivity contribution in [3.8, 4) is 0 Å². The first kappa shape index (κ1) is 14.7. The van der Waals surface area contributed by atoms with Gasteiger partial charge in [-0.1, -0.05) is 0 Å². The van der Waals surface area contributed by atoms with Crippen molar-refractivity contribution >= 4 is 23.2 Å². The number of aryl methyl sites for hydroxylation is 1. The van der Waals surface area contributed by atoms with E-state index in [1.165, 1.54) is 25.2 Å².